The van der Waals surface area contributed by atoms with Crippen molar-refractivity contribution in [1.29, 1.82) is 0 Å². The molecule has 0 saturated carbocycles. The Labute approximate surface area is 176 Å². The summed E-state index contributed by atoms with van der Waals surface area (Å²) in [7, 11) is 0. The molecule has 7 heteroatoms. The molecule has 2 aromatic carbocycles. The maximum absolute atomic E-state index is 6.27. The molecule has 3 aromatic heterocycles. The second-order valence-corrected chi connectivity index (χ2v) is 8.56. The van der Waals surface area contributed by atoms with Crippen LogP contribution in [-0.4, -0.2) is 26.1 Å². The van der Waals surface area contributed by atoms with Gasteiger partial charge in [-0.3, -0.25) is 0 Å². The zero-order chi connectivity index (χ0) is 19.4. The van der Waals surface area contributed by atoms with Crippen LogP contribution in [0.2, 0.25) is 5.02 Å². The van der Waals surface area contributed by atoms with Gasteiger partial charge in [0.25, 0.3) is 0 Å². The zero-order valence-corrected chi connectivity index (χ0v) is 17.0. The molecule has 0 bridgehead atoms. The van der Waals surface area contributed by atoms with Crippen LogP contribution < -0.4 is 4.90 Å². The monoisotopic (exact) mass is 417 g/mol. The van der Waals surface area contributed by atoms with Crippen LogP contribution in [0.25, 0.3) is 27.3 Å². The summed E-state index contributed by atoms with van der Waals surface area (Å²) in [6.07, 6.45) is 0.989. The van der Waals surface area contributed by atoms with Crippen LogP contribution in [0.15, 0.2) is 60.0 Å². The molecule has 0 unspecified atom stereocenters. The van der Waals surface area contributed by atoms with E-state index in [1.807, 2.05) is 24.3 Å². The van der Waals surface area contributed by atoms with Crippen LogP contribution in [0.1, 0.15) is 11.1 Å². The van der Waals surface area contributed by atoms with E-state index < -0.39 is 0 Å². The zero-order valence-electron chi connectivity index (χ0n) is 15.4. The average molecular weight is 418 g/mol. The summed E-state index contributed by atoms with van der Waals surface area (Å²) in [4.78, 5) is 8.42. The first kappa shape index (κ1) is 16.9. The molecule has 5 nitrogen and oxygen atoms in total. The summed E-state index contributed by atoms with van der Waals surface area (Å²) in [5.74, 6) is 1.69. The van der Waals surface area contributed by atoms with Gasteiger partial charge in [-0.05, 0) is 47.2 Å². The van der Waals surface area contributed by atoms with E-state index in [4.69, 9.17) is 16.6 Å². The van der Waals surface area contributed by atoms with Crippen molar-refractivity contribution in [2.24, 2.45) is 0 Å². The van der Waals surface area contributed by atoms with Crippen LogP contribution >= 0.6 is 22.9 Å². The molecule has 5 aromatic rings. The van der Waals surface area contributed by atoms with Gasteiger partial charge < -0.3 is 4.90 Å². The van der Waals surface area contributed by atoms with Gasteiger partial charge in [0.05, 0.1) is 10.4 Å². The number of fused-ring (bicyclic) bond motifs is 4. The van der Waals surface area contributed by atoms with Crippen LogP contribution in [0.5, 0.6) is 0 Å². The predicted octanol–water partition coefficient (Wildman–Crippen LogP) is 5.22. The van der Waals surface area contributed by atoms with Gasteiger partial charge in [-0.2, -0.15) is 0 Å². The number of anilines is 1. The highest BCUT2D eigenvalue weighted by Gasteiger charge is 2.24. The SMILES string of the molecule is Clc1ccc2c(c1)nc(N1CCc3ccccc3C1)n1c(-c3cccs3)nnc21. The average Bonchev–Trinajstić information content (AvgIpc) is 3.42. The lowest BCUT2D eigenvalue weighted by Crippen LogP contribution is -2.32. The molecular formula is C22H16ClN5S. The molecular weight excluding hydrogens is 402 g/mol. The third-order valence-corrected chi connectivity index (χ3v) is 6.54. The van der Waals surface area contributed by atoms with Gasteiger partial charge in [-0.25, -0.2) is 9.38 Å². The maximum atomic E-state index is 6.27. The van der Waals surface area contributed by atoms with Gasteiger partial charge >= 0.3 is 0 Å². The van der Waals surface area contributed by atoms with E-state index >= 15 is 0 Å². The fourth-order valence-electron chi connectivity index (χ4n) is 4.04. The highest BCUT2D eigenvalue weighted by Crippen LogP contribution is 2.33. The first-order valence-corrected chi connectivity index (χ1v) is 10.7. The molecule has 4 heterocycles. The molecule has 0 spiro atoms. The first-order chi connectivity index (χ1) is 14.3. The van der Waals surface area contributed by atoms with Crippen LogP contribution in [0.4, 0.5) is 5.95 Å². The van der Waals surface area contributed by atoms with Gasteiger partial charge in [0.1, 0.15) is 0 Å². The van der Waals surface area contributed by atoms with Crippen LogP contribution in [-0.2, 0) is 13.0 Å². The Bertz CT molecular complexity index is 1360. The lowest BCUT2D eigenvalue weighted by molar-refractivity contribution is 0.704. The Kier molecular flexibility index (Phi) is 3.82. The van der Waals surface area contributed by atoms with Gasteiger partial charge in [0.15, 0.2) is 11.5 Å². The number of nitrogens with zero attached hydrogens (tertiary/aromatic N) is 5. The Morgan fingerprint density at radius 1 is 0.966 bits per heavy atom. The molecule has 0 fully saturated rings. The predicted molar refractivity (Wildman–Crippen MR) is 118 cm³/mol. The summed E-state index contributed by atoms with van der Waals surface area (Å²) in [6, 6.07) is 18.5. The minimum atomic E-state index is 0.669. The van der Waals surface area contributed by atoms with Crippen molar-refractivity contribution >= 4 is 45.4 Å². The summed E-state index contributed by atoms with van der Waals surface area (Å²) >= 11 is 7.92. The van der Waals surface area contributed by atoms with Gasteiger partial charge in [0, 0.05) is 23.5 Å². The minimum Gasteiger partial charge on any atom is -0.337 e. The number of hydrogen-bond acceptors (Lipinski definition) is 5. The lowest BCUT2D eigenvalue weighted by atomic mass is 10.0. The normalized spacial score (nSPS) is 13.9. The highest BCUT2D eigenvalue weighted by atomic mass is 35.5. The van der Waals surface area contributed by atoms with E-state index in [0.717, 1.165) is 52.7 Å². The molecule has 0 atom stereocenters. The first-order valence-electron chi connectivity index (χ1n) is 9.48. The van der Waals surface area contributed by atoms with Crippen LogP contribution in [0, 0.1) is 0 Å². The van der Waals surface area contributed by atoms with Crippen molar-refractivity contribution in [2.75, 3.05) is 11.4 Å². The molecule has 0 radical (unpaired) electrons. The smallest absolute Gasteiger partial charge is 0.214 e. The van der Waals surface area contributed by atoms with Crippen molar-refractivity contribution in [3.63, 3.8) is 0 Å². The van der Waals surface area contributed by atoms with Crippen LogP contribution in [0.3, 0.4) is 0 Å². The van der Waals surface area contributed by atoms with Crippen molar-refractivity contribution in [2.45, 2.75) is 13.0 Å². The molecule has 6 rings (SSSR count). The van der Waals surface area contributed by atoms with E-state index in [0.29, 0.717) is 5.02 Å². The number of thiophene rings is 1. The molecule has 0 aliphatic carbocycles. The van der Waals surface area contributed by atoms with Gasteiger partial charge in [0.2, 0.25) is 5.95 Å². The Balaban J connectivity index is 1.62. The summed E-state index contributed by atoms with van der Waals surface area (Å²) < 4.78 is 2.09. The van der Waals surface area contributed by atoms with Gasteiger partial charge in [-0.15, -0.1) is 21.5 Å². The van der Waals surface area contributed by atoms with Crippen molar-refractivity contribution in [1.82, 2.24) is 19.6 Å². The topological polar surface area (TPSA) is 46.3 Å². The minimum absolute atomic E-state index is 0.669. The highest BCUT2D eigenvalue weighted by molar-refractivity contribution is 7.13. The fourth-order valence-corrected chi connectivity index (χ4v) is 4.90. The number of rotatable bonds is 2. The van der Waals surface area contributed by atoms with Crippen molar-refractivity contribution < 1.29 is 0 Å². The number of benzene rings is 2. The number of halogens is 1. The maximum Gasteiger partial charge on any atom is 0.214 e. The fraction of sp³-hybridized carbons (Fsp3) is 0.136. The lowest BCUT2D eigenvalue weighted by Gasteiger charge is -2.30. The van der Waals surface area contributed by atoms with E-state index in [1.54, 1.807) is 11.3 Å². The second-order valence-electron chi connectivity index (χ2n) is 7.17. The molecule has 29 heavy (non-hydrogen) atoms. The Morgan fingerprint density at radius 2 is 1.86 bits per heavy atom. The van der Waals surface area contributed by atoms with Crippen molar-refractivity contribution in [3.8, 4) is 10.7 Å². The Morgan fingerprint density at radius 3 is 2.72 bits per heavy atom. The largest absolute Gasteiger partial charge is 0.337 e. The van der Waals surface area contributed by atoms with E-state index in [2.05, 4.69) is 55.2 Å². The summed E-state index contributed by atoms with van der Waals surface area (Å²) in [6.45, 7) is 1.71. The quantitative estimate of drug-likeness (QED) is 0.395. The molecule has 1 aliphatic rings. The molecule has 142 valence electrons. The standard InChI is InChI=1S/C22H16ClN5S/c23-16-7-8-17-18(12-16)24-22(27-10-9-14-4-1-2-5-15(14)13-27)28-20(17)25-26-21(28)19-6-3-11-29-19/h1-8,11-12H,9-10,13H2. The van der Waals surface area contributed by atoms with E-state index in [9.17, 15) is 0 Å². The number of aromatic nitrogens is 4. The van der Waals surface area contributed by atoms with E-state index in [-0.39, 0.29) is 0 Å². The Hall–Kier alpha value is -2.96. The third kappa shape index (κ3) is 2.71. The van der Waals surface area contributed by atoms with Crippen molar-refractivity contribution in [3.05, 3.63) is 76.1 Å². The second kappa shape index (κ2) is 6.54. The molecule has 1 aliphatic heterocycles. The number of hydrogen-bond donors (Lipinski definition) is 0. The summed E-state index contributed by atoms with van der Waals surface area (Å²) in [5, 5.41) is 12.8. The van der Waals surface area contributed by atoms with E-state index in [1.165, 1.54) is 11.1 Å². The van der Waals surface area contributed by atoms with Gasteiger partial charge in [-0.1, -0.05) is 41.9 Å². The molecule has 0 amide bonds. The summed E-state index contributed by atoms with van der Waals surface area (Å²) in [5.41, 5.74) is 4.39. The molecule has 0 saturated heterocycles. The molecule has 0 N–H and O–H groups in total. The third-order valence-electron chi connectivity index (χ3n) is 5.44.